The van der Waals surface area contributed by atoms with Gasteiger partial charge in [-0.15, -0.1) is 6.42 Å². The molecule has 0 aromatic rings. The van der Waals surface area contributed by atoms with Crippen LogP contribution in [0.2, 0.25) is 6.55 Å². The molecule has 0 aromatic carbocycles. The third-order valence-electron chi connectivity index (χ3n) is 1.74. The van der Waals surface area contributed by atoms with Gasteiger partial charge in [0.05, 0.1) is 0 Å². The zero-order valence-electron chi connectivity index (χ0n) is 11.5. The van der Waals surface area contributed by atoms with Gasteiger partial charge >= 0.3 is 17.8 Å². The van der Waals surface area contributed by atoms with E-state index in [2.05, 4.69) is 38.1 Å². The normalized spacial score (nSPS) is 9.79. The molecule has 0 radical (unpaired) electrons. The van der Waals surface area contributed by atoms with Crippen molar-refractivity contribution >= 4 is 17.8 Å². The highest BCUT2D eigenvalue weighted by Crippen LogP contribution is 2.05. The van der Waals surface area contributed by atoms with Gasteiger partial charge in [0.15, 0.2) is 0 Å². The molecule has 0 bridgehead atoms. The first-order valence-electron chi connectivity index (χ1n) is 4.87. The molecule has 0 atom stereocenters. The molecule has 0 spiro atoms. The highest BCUT2D eigenvalue weighted by atomic mass is 28.5. The predicted molar refractivity (Wildman–Crippen MR) is 82.6 cm³/mol. The van der Waals surface area contributed by atoms with Crippen molar-refractivity contribution in [2.45, 2.75) is 6.55 Å². The van der Waals surface area contributed by atoms with Crippen molar-refractivity contribution in [2.24, 2.45) is 0 Å². The lowest BCUT2D eigenvalue weighted by Gasteiger charge is -2.14. The monoisotopic (exact) mass is 316 g/mol. The lowest BCUT2D eigenvalue weighted by molar-refractivity contribution is 0.141. The van der Waals surface area contributed by atoms with Crippen LogP contribution in [-0.2, 0) is 17.7 Å². The van der Waals surface area contributed by atoms with Gasteiger partial charge in [0.25, 0.3) is 0 Å². The summed E-state index contributed by atoms with van der Waals surface area (Å²) >= 11 is 0. The molecule has 0 N–H and O–H groups in total. The van der Waals surface area contributed by atoms with Crippen LogP contribution < -0.4 is 0 Å². The summed E-state index contributed by atoms with van der Waals surface area (Å²) in [6, 6.07) is 0. The number of halogens is 2. The van der Waals surface area contributed by atoms with Crippen molar-refractivity contribution in [3.8, 4) is 35.6 Å². The van der Waals surface area contributed by atoms with Crippen LogP contribution in [0, 0.1) is 35.6 Å². The summed E-state index contributed by atoms with van der Waals surface area (Å²) in [5.74, 6) is 9.62. The molecule has 0 heterocycles. The highest BCUT2D eigenvalue weighted by Gasteiger charge is 2.39. The van der Waals surface area contributed by atoms with Gasteiger partial charge in [0, 0.05) is 35.6 Å². The Kier molecular flexibility index (Phi) is 11.4. The van der Waals surface area contributed by atoms with Crippen LogP contribution in [0.15, 0.2) is 0 Å². The molecule has 0 aliphatic carbocycles. The quantitative estimate of drug-likeness (QED) is 0.453. The lowest BCUT2D eigenvalue weighted by Crippen LogP contribution is -2.34. The maximum absolute atomic E-state index is 11.6. The first-order chi connectivity index (χ1) is 8.80. The number of hydrogen-bond acceptors (Lipinski definition) is 4. The van der Waals surface area contributed by atoms with Crippen molar-refractivity contribution in [2.75, 3.05) is 28.4 Å². The van der Waals surface area contributed by atoms with E-state index in [-0.39, 0.29) is 7.13 Å². The maximum Gasteiger partial charge on any atom is 0.760 e. The second-order valence-electron chi connectivity index (χ2n) is 2.87. The third-order valence-corrected chi connectivity index (χ3v) is 4.83. The minimum absolute atomic E-state index is 0. The van der Waals surface area contributed by atoms with Crippen LogP contribution in [0.4, 0.5) is 8.22 Å². The maximum atomic E-state index is 11.6. The second-order valence-corrected chi connectivity index (χ2v) is 7.57. The van der Waals surface area contributed by atoms with Crippen molar-refractivity contribution in [1.29, 1.82) is 0 Å². The van der Waals surface area contributed by atoms with Crippen molar-refractivity contribution in [3.63, 3.8) is 0 Å². The third kappa shape index (κ3) is 11.6. The molecule has 4 nitrogen and oxygen atoms in total. The molecule has 0 rings (SSSR count). The highest BCUT2D eigenvalue weighted by molar-refractivity contribution is 6.74. The molecule has 0 aliphatic rings. The molecule has 19 heavy (non-hydrogen) atoms. The van der Waals surface area contributed by atoms with E-state index in [1.54, 1.807) is 14.2 Å². The summed E-state index contributed by atoms with van der Waals surface area (Å²) in [6.07, 6.45) is 4.90. The first kappa shape index (κ1) is 20.1. The zero-order valence-corrected chi connectivity index (χ0v) is 13.5. The smallest absolute Gasteiger partial charge is 0.389 e. The topological polar surface area (TPSA) is 36.9 Å². The van der Waals surface area contributed by atoms with Gasteiger partial charge in [0.2, 0.25) is 0 Å². The van der Waals surface area contributed by atoms with Gasteiger partial charge in [-0.25, -0.2) is 8.22 Å². The van der Waals surface area contributed by atoms with Gasteiger partial charge in [-0.3, -0.25) is 0 Å². The van der Waals surface area contributed by atoms with Crippen LogP contribution in [0.5, 0.6) is 0 Å². The van der Waals surface area contributed by atoms with E-state index in [0.717, 1.165) is 14.2 Å². The molecule has 0 fully saturated rings. The van der Waals surface area contributed by atoms with Gasteiger partial charge in [-0.1, -0.05) is 5.54 Å². The average molecular weight is 316 g/mol. The Labute approximate surface area is 122 Å². The summed E-state index contributed by atoms with van der Waals surface area (Å²) < 4.78 is 40.7. The zero-order chi connectivity index (χ0) is 15.4. The molecule has 0 saturated heterocycles. The van der Waals surface area contributed by atoms with E-state index in [9.17, 15) is 8.22 Å². The molecular formula is C11H26F2O4Si2. The van der Waals surface area contributed by atoms with Crippen molar-refractivity contribution in [3.05, 3.63) is 0 Å². The molecule has 8 heteroatoms. The standard InChI is InChI=1S/C9H10O2Si.C2H6F2O2Si.5H2/c1-5-6-7-8-9-12(4,10-2)11-3;1-5-7(3,4)6-2;;;;;/h1H,2-4H3;1-2H3;5*1H. The van der Waals surface area contributed by atoms with E-state index < -0.39 is 17.8 Å². The molecule has 0 unspecified atom stereocenters. The summed E-state index contributed by atoms with van der Waals surface area (Å²) in [5, 5.41) is 0. The fourth-order valence-corrected chi connectivity index (χ4v) is 1.31. The second kappa shape index (κ2) is 10.7. The largest absolute Gasteiger partial charge is 0.760 e. The molecule has 0 amide bonds. The molecule has 0 aromatic heterocycles. The summed E-state index contributed by atoms with van der Waals surface area (Å²) in [7, 11) is -1.94. The van der Waals surface area contributed by atoms with Crippen LogP contribution in [-0.4, -0.2) is 46.2 Å². The molecule has 116 valence electrons. The number of terminal acetylenes is 1. The Bertz CT molecular complexity index is 420. The molecule has 0 saturated carbocycles. The average Bonchev–Trinajstić information content (AvgIpc) is 2.44. The Morgan fingerprint density at radius 1 is 0.895 bits per heavy atom. The summed E-state index contributed by atoms with van der Waals surface area (Å²) in [6.45, 7) is 1.83. The van der Waals surface area contributed by atoms with Crippen molar-refractivity contribution in [1.82, 2.24) is 0 Å². The lowest BCUT2D eigenvalue weighted by atomic mass is 10.6. The van der Waals surface area contributed by atoms with Gasteiger partial charge in [0.1, 0.15) is 0 Å². The SMILES string of the molecule is C#CC#CC#C[Si](C)(OC)OC.CO[Si](F)(F)OC.[HH].[HH].[HH].[HH].[HH]. The minimum Gasteiger partial charge on any atom is -0.389 e. The van der Waals surface area contributed by atoms with Gasteiger partial charge in [-0.2, -0.15) is 0 Å². The van der Waals surface area contributed by atoms with Crippen LogP contribution in [0.3, 0.4) is 0 Å². The van der Waals surface area contributed by atoms with E-state index >= 15 is 0 Å². The van der Waals surface area contributed by atoms with Crippen LogP contribution in [0.25, 0.3) is 0 Å². The van der Waals surface area contributed by atoms with Crippen molar-refractivity contribution < 1.29 is 33.1 Å². The summed E-state index contributed by atoms with van der Waals surface area (Å²) in [5.41, 5.74) is 2.81. The predicted octanol–water partition coefficient (Wildman–Crippen LogP) is 2.41. The van der Waals surface area contributed by atoms with E-state index in [1.165, 1.54) is 0 Å². The molecule has 0 aliphatic heterocycles. The van der Waals surface area contributed by atoms with Crippen LogP contribution >= 0.6 is 0 Å². The van der Waals surface area contributed by atoms with Gasteiger partial charge < -0.3 is 17.7 Å². The number of hydrogen-bond donors (Lipinski definition) is 0. The first-order valence-corrected chi connectivity index (χ1v) is 8.76. The fourth-order valence-electron chi connectivity index (χ4n) is 0.481. The Hall–Kier alpha value is -1.19. The van der Waals surface area contributed by atoms with E-state index in [0.29, 0.717) is 0 Å². The Morgan fingerprint density at radius 2 is 1.37 bits per heavy atom. The summed E-state index contributed by atoms with van der Waals surface area (Å²) in [4.78, 5) is 0. The molecular weight excluding hydrogens is 290 g/mol. The Morgan fingerprint density at radius 3 is 1.63 bits per heavy atom. The minimum atomic E-state index is -4.65. The van der Waals surface area contributed by atoms with Gasteiger partial charge in [-0.05, 0) is 30.2 Å². The fraction of sp³-hybridized carbons (Fsp3) is 0.455. The Balaban J connectivity index is -0.0000000432. The number of rotatable bonds is 4. The van der Waals surface area contributed by atoms with E-state index in [1.807, 2.05) is 6.55 Å². The van der Waals surface area contributed by atoms with Crippen LogP contribution in [0.1, 0.15) is 7.13 Å². The van der Waals surface area contributed by atoms with E-state index in [4.69, 9.17) is 15.3 Å².